The van der Waals surface area contributed by atoms with Crippen molar-refractivity contribution in [2.45, 2.75) is 11.3 Å². The van der Waals surface area contributed by atoms with E-state index < -0.39 is 10.0 Å². The number of carbonyl (C=O) groups is 2. The molecule has 0 spiro atoms. The van der Waals surface area contributed by atoms with Crippen molar-refractivity contribution in [2.75, 3.05) is 44.6 Å². The monoisotopic (exact) mass is 433 g/mol. The number of nitrogens with zero attached hydrogens (tertiary/aromatic N) is 2. The summed E-state index contributed by atoms with van der Waals surface area (Å²) < 4.78 is 36.4. The predicted octanol–water partition coefficient (Wildman–Crippen LogP) is 1.70. The van der Waals surface area contributed by atoms with Gasteiger partial charge in [0, 0.05) is 27.1 Å². The third kappa shape index (κ3) is 4.39. The third-order valence-corrected chi connectivity index (χ3v) is 6.41. The SMILES string of the molecule is COc1ccc(S(=O)(=O)N(C)C)cc1NC(=O)CCN1C(=O)COc2ccccc21. The van der Waals surface area contributed by atoms with Crippen LogP contribution in [0.15, 0.2) is 47.4 Å². The number of carbonyl (C=O) groups excluding carboxylic acids is 2. The number of benzene rings is 2. The maximum atomic E-state index is 12.5. The van der Waals surface area contributed by atoms with Crippen LogP contribution in [0.25, 0.3) is 0 Å². The topological polar surface area (TPSA) is 105 Å². The molecule has 2 amide bonds. The number of sulfonamides is 1. The van der Waals surface area contributed by atoms with Crippen molar-refractivity contribution in [3.63, 3.8) is 0 Å². The quantitative estimate of drug-likeness (QED) is 0.713. The molecule has 0 fully saturated rings. The molecule has 0 saturated carbocycles. The second-order valence-corrected chi connectivity index (χ2v) is 8.90. The van der Waals surface area contributed by atoms with Crippen LogP contribution in [-0.2, 0) is 19.6 Å². The Labute approximate surface area is 175 Å². The van der Waals surface area contributed by atoms with E-state index in [1.807, 2.05) is 0 Å². The summed E-state index contributed by atoms with van der Waals surface area (Å²) in [5.41, 5.74) is 0.845. The van der Waals surface area contributed by atoms with Gasteiger partial charge in [0.2, 0.25) is 15.9 Å². The van der Waals surface area contributed by atoms with Crippen LogP contribution in [0.1, 0.15) is 6.42 Å². The van der Waals surface area contributed by atoms with Crippen LogP contribution >= 0.6 is 0 Å². The molecule has 3 rings (SSSR count). The number of rotatable bonds is 7. The molecule has 2 aromatic carbocycles. The molecule has 1 aliphatic heterocycles. The minimum absolute atomic E-state index is 0.00782. The van der Waals surface area contributed by atoms with Crippen LogP contribution in [0.4, 0.5) is 11.4 Å². The number of methoxy groups -OCH3 is 1. The van der Waals surface area contributed by atoms with E-state index in [9.17, 15) is 18.0 Å². The smallest absolute Gasteiger partial charge is 0.265 e. The highest BCUT2D eigenvalue weighted by atomic mass is 32.2. The van der Waals surface area contributed by atoms with E-state index in [-0.39, 0.29) is 42.0 Å². The molecule has 1 aliphatic rings. The summed E-state index contributed by atoms with van der Waals surface area (Å²) in [7, 11) is 0.606. The van der Waals surface area contributed by atoms with Crippen LogP contribution < -0.4 is 19.7 Å². The minimum atomic E-state index is -3.67. The van der Waals surface area contributed by atoms with Crippen molar-refractivity contribution >= 4 is 33.2 Å². The van der Waals surface area contributed by atoms with Crippen LogP contribution in [-0.4, -0.2) is 58.9 Å². The molecule has 30 heavy (non-hydrogen) atoms. The summed E-state index contributed by atoms with van der Waals surface area (Å²) in [4.78, 5) is 26.3. The van der Waals surface area contributed by atoms with Gasteiger partial charge in [0.05, 0.1) is 23.4 Å². The zero-order valence-electron chi connectivity index (χ0n) is 16.9. The molecule has 9 nitrogen and oxygen atoms in total. The lowest BCUT2D eigenvalue weighted by atomic mass is 10.2. The molecular weight excluding hydrogens is 410 g/mol. The number of anilines is 2. The predicted molar refractivity (Wildman–Crippen MR) is 111 cm³/mol. The van der Waals surface area contributed by atoms with E-state index in [1.165, 1.54) is 44.3 Å². The van der Waals surface area contributed by atoms with Gasteiger partial charge in [-0.05, 0) is 30.3 Å². The van der Waals surface area contributed by atoms with Crippen LogP contribution in [0.5, 0.6) is 11.5 Å². The molecule has 1 heterocycles. The number of hydrogen-bond donors (Lipinski definition) is 1. The van der Waals surface area contributed by atoms with Gasteiger partial charge in [0.25, 0.3) is 5.91 Å². The summed E-state index contributed by atoms with van der Waals surface area (Å²) in [6.07, 6.45) is 0.00782. The maximum absolute atomic E-state index is 12.5. The van der Waals surface area contributed by atoms with Gasteiger partial charge in [-0.15, -0.1) is 0 Å². The van der Waals surface area contributed by atoms with Crippen molar-refractivity contribution in [1.29, 1.82) is 0 Å². The molecule has 0 atom stereocenters. The second kappa shape index (κ2) is 8.72. The third-order valence-electron chi connectivity index (χ3n) is 4.59. The summed E-state index contributed by atoms with van der Waals surface area (Å²) in [6, 6.07) is 11.3. The Kier molecular flexibility index (Phi) is 6.28. The molecule has 0 unspecified atom stereocenters. The molecule has 0 radical (unpaired) electrons. The Balaban J connectivity index is 1.74. The van der Waals surface area contributed by atoms with Gasteiger partial charge in [-0.1, -0.05) is 12.1 Å². The molecule has 0 bridgehead atoms. The number of amides is 2. The van der Waals surface area contributed by atoms with Crippen LogP contribution in [0.2, 0.25) is 0 Å². The van der Waals surface area contributed by atoms with Crippen LogP contribution in [0.3, 0.4) is 0 Å². The fourth-order valence-corrected chi connectivity index (χ4v) is 3.91. The molecule has 10 heteroatoms. The number of para-hydroxylation sites is 2. The first-order valence-corrected chi connectivity index (χ1v) is 10.6. The summed E-state index contributed by atoms with van der Waals surface area (Å²) in [5, 5.41) is 2.68. The van der Waals surface area contributed by atoms with Crippen molar-refractivity contribution in [3.8, 4) is 11.5 Å². The van der Waals surface area contributed by atoms with Gasteiger partial charge in [0.1, 0.15) is 11.5 Å². The summed E-state index contributed by atoms with van der Waals surface area (Å²) in [5.74, 6) is 0.289. The highest BCUT2D eigenvalue weighted by Crippen LogP contribution is 2.32. The zero-order chi connectivity index (χ0) is 21.9. The maximum Gasteiger partial charge on any atom is 0.265 e. The van der Waals surface area contributed by atoms with Crippen molar-refractivity contribution in [3.05, 3.63) is 42.5 Å². The molecule has 0 saturated heterocycles. The van der Waals surface area contributed by atoms with E-state index in [2.05, 4.69) is 5.32 Å². The Morgan fingerprint density at radius 3 is 2.67 bits per heavy atom. The van der Waals surface area contributed by atoms with Gasteiger partial charge >= 0.3 is 0 Å². The fourth-order valence-electron chi connectivity index (χ4n) is 2.98. The molecule has 160 valence electrons. The number of nitrogens with one attached hydrogen (secondary N) is 1. The first kappa shape index (κ1) is 21.6. The van der Waals surface area contributed by atoms with Crippen LogP contribution in [0, 0.1) is 0 Å². The lowest BCUT2D eigenvalue weighted by Crippen LogP contribution is -2.40. The zero-order valence-corrected chi connectivity index (χ0v) is 17.7. The summed E-state index contributed by atoms with van der Waals surface area (Å²) >= 11 is 0. The lowest BCUT2D eigenvalue weighted by Gasteiger charge is -2.29. The highest BCUT2D eigenvalue weighted by Gasteiger charge is 2.26. The van der Waals surface area contributed by atoms with Gasteiger partial charge < -0.3 is 19.7 Å². The van der Waals surface area contributed by atoms with E-state index >= 15 is 0 Å². The van der Waals surface area contributed by atoms with Gasteiger partial charge in [0.15, 0.2) is 6.61 Å². The van der Waals surface area contributed by atoms with E-state index in [1.54, 1.807) is 24.3 Å². The summed E-state index contributed by atoms with van der Waals surface area (Å²) in [6.45, 7) is 0.0694. The van der Waals surface area contributed by atoms with Crippen molar-refractivity contribution < 1.29 is 27.5 Å². The standard InChI is InChI=1S/C20H23N3O6S/c1-22(2)30(26,27)14-8-9-17(28-3)15(12-14)21-19(24)10-11-23-16-6-4-5-7-18(16)29-13-20(23)25/h4-9,12H,10-11,13H2,1-3H3,(H,21,24). The van der Waals surface area contributed by atoms with Gasteiger partial charge in [-0.3, -0.25) is 9.59 Å². The number of hydrogen-bond acceptors (Lipinski definition) is 6. The Morgan fingerprint density at radius 2 is 1.97 bits per heavy atom. The molecule has 0 aliphatic carbocycles. The normalized spacial score (nSPS) is 13.6. The lowest BCUT2D eigenvalue weighted by molar-refractivity contribution is -0.121. The number of fused-ring (bicyclic) bond motifs is 1. The largest absolute Gasteiger partial charge is 0.495 e. The molecule has 0 aromatic heterocycles. The molecule has 2 aromatic rings. The fraction of sp³-hybridized carbons (Fsp3) is 0.300. The van der Waals surface area contributed by atoms with Crippen molar-refractivity contribution in [1.82, 2.24) is 4.31 Å². The van der Waals surface area contributed by atoms with Gasteiger partial charge in [-0.2, -0.15) is 0 Å². The molecule has 1 N–H and O–H groups in total. The average Bonchev–Trinajstić information content (AvgIpc) is 2.72. The van der Waals surface area contributed by atoms with Gasteiger partial charge in [-0.25, -0.2) is 12.7 Å². The van der Waals surface area contributed by atoms with Crippen molar-refractivity contribution in [2.24, 2.45) is 0 Å². The Morgan fingerprint density at radius 1 is 1.23 bits per heavy atom. The second-order valence-electron chi connectivity index (χ2n) is 6.75. The minimum Gasteiger partial charge on any atom is -0.495 e. The first-order valence-electron chi connectivity index (χ1n) is 9.16. The van der Waals surface area contributed by atoms with E-state index in [4.69, 9.17) is 9.47 Å². The van der Waals surface area contributed by atoms with E-state index in [0.717, 1.165) is 4.31 Å². The Bertz CT molecular complexity index is 1070. The first-order chi connectivity index (χ1) is 14.2. The van der Waals surface area contributed by atoms with E-state index in [0.29, 0.717) is 17.2 Å². The average molecular weight is 433 g/mol. The Hall–Kier alpha value is -3.11. The molecular formula is C20H23N3O6S. The highest BCUT2D eigenvalue weighted by molar-refractivity contribution is 7.89. The number of ether oxygens (including phenoxy) is 2.